The van der Waals surface area contributed by atoms with Gasteiger partial charge in [0.05, 0.1) is 12.2 Å². The number of halogens is 3. The molecule has 1 fully saturated rings. The molecule has 0 bridgehead atoms. The van der Waals surface area contributed by atoms with Crippen molar-refractivity contribution in [3.63, 3.8) is 0 Å². The van der Waals surface area contributed by atoms with Crippen LogP contribution in [0, 0.1) is 5.92 Å². The molecule has 11 heteroatoms. The maximum Gasteiger partial charge on any atom is 0.573 e. The summed E-state index contributed by atoms with van der Waals surface area (Å²) in [6.07, 6.45) is -0.837. The highest BCUT2D eigenvalue weighted by Gasteiger charge is 2.43. The number of amides is 1. The van der Waals surface area contributed by atoms with Crippen molar-refractivity contribution in [1.29, 1.82) is 0 Å². The van der Waals surface area contributed by atoms with E-state index in [1.165, 1.54) is 24.4 Å². The zero-order valence-corrected chi connectivity index (χ0v) is 19.1. The van der Waals surface area contributed by atoms with Crippen LogP contribution in [-0.2, 0) is 4.79 Å². The number of carbonyl (C=O) groups excluding carboxylic acids is 1. The molecule has 1 amide bonds. The minimum absolute atomic E-state index is 0.0109. The Kier molecular flexibility index (Phi) is 8.21. The summed E-state index contributed by atoms with van der Waals surface area (Å²) in [5, 5.41) is 21.6. The molecule has 0 aliphatic heterocycles. The first-order valence-electron chi connectivity index (χ1n) is 11.2. The summed E-state index contributed by atoms with van der Waals surface area (Å²) >= 11 is 0. The summed E-state index contributed by atoms with van der Waals surface area (Å²) in [7, 11) is 0. The number of aliphatic hydroxyl groups is 1. The van der Waals surface area contributed by atoms with E-state index in [-0.39, 0.29) is 35.8 Å². The highest BCUT2D eigenvalue weighted by molar-refractivity contribution is 5.99. The van der Waals surface area contributed by atoms with E-state index in [0.717, 1.165) is 18.6 Å². The third-order valence-electron chi connectivity index (χ3n) is 6.12. The quantitative estimate of drug-likeness (QED) is 0.477. The number of nitrogens with one attached hydrogen (secondary N) is 1. The minimum atomic E-state index is -4.89. The van der Waals surface area contributed by atoms with Crippen molar-refractivity contribution in [3.05, 3.63) is 42.1 Å². The predicted octanol–water partition coefficient (Wildman–Crippen LogP) is 4.17. The van der Waals surface area contributed by atoms with Gasteiger partial charge in [0, 0.05) is 11.8 Å². The average molecular weight is 496 g/mol. The van der Waals surface area contributed by atoms with Crippen molar-refractivity contribution in [2.45, 2.75) is 50.9 Å². The number of ether oxygens (including phenoxy) is 2. The second kappa shape index (κ2) is 10.9. The van der Waals surface area contributed by atoms with Gasteiger partial charge in [0.2, 0.25) is 5.88 Å². The van der Waals surface area contributed by atoms with Gasteiger partial charge in [0.1, 0.15) is 17.9 Å². The normalized spacial score (nSPS) is 20.2. The third-order valence-corrected chi connectivity index (χ3v) is 6.12. The first-order chi connectivity index (χ1) is 16.6. The average Bonchev–Trinajstić information content (AvgIpc) is 2.82. The number of carbonyl (C=O) groups is 2. The Labute approximate surface area is 200 Å². The van der Waals surface area contributed by atoms with E-state index in [4.69, 9.17) is 9.84 Å². The Morgan fingerprint density at radius 2 is 1.94 bits per heavy atom. The topological polar surface area (TPSA) is 118 Å². The Bertz CT molecular complexity index is 1050. The molecular weight excluding hydrogens is 469 g/mol. The lowest BCUT2D eigenvalue weighted by molar-refractivity contribution is -0.274. The van der Waals surface area contributed by atoms with E-state index in [9.17, 15) is 27.9 Å². The number of pyridine rings is 1. The Balaban J connectivity index is 1.93. The fourth-order valence-corrected chi connectivity index (χ4v) is 4.16. The lowest BCUT2D eigenvalue weighted by Gasteiger charge is -2.37. The standard InChI is InChI=1S/C24H27F3N2O6/c1-2-15-6-8-23(9-7-15,22(32)33)29-20(31)17-13-19(21(28-14-17)34-11-10-30)16-4-3-5-18(12-16)35-24(25,26)27/h3-5,12-15,30H,2,6-11H2,1H3,(H,29,31)(H,32,33). The first kappa shape index (κ1) is 26.3. The van der Waals surface area contributed by atoms with E-state index in [0.29, 0.717) is 31.6 Å². The van der Waals surface area contributed by atoms with Gasteiger partial charge in [0.15, 0.2) is 0 Å². The van der Waals surface area contributed by atoms with Gasteiger partial charge in [-0.05, 0) is 55.4 Å². The summed E-state index contributed by atoms with van der Waals surface area (Å²) in [6.45, 7) is 1.57. The molecule has 2 aromatic rings. The first-order valence-corrected chi connectivity index (χ1v) is 11.2. The molecular formula is C24H27F3N2O6. The number of carboxylic acids is 1. The highest BCUT2D eigenvalue weighted by atomic mass is 19.4. The molecule has 3 rings (SSSR count). The number of aliphatic carboxylic acids is 1. The number of benzene rings is 1. The zero-order valence-electron chi connectivity index (χ0n) is 19.1. The van der Waals surface area contributed by atoms with E-state index < -0.39 is 29.5 Å². The number of aromatic nitrogens is 1. The van der Waals surface area contributed by atoms with Crippen LogP contribution in [0.25, 0.3) is 11.1 Å². The van der Waals surface area contributed by atoms with E-state index in [1.807, 2.05) is 6.92 Å². The van der Waals surface area contributed by atoms with Crippen LogP contribution in [0.1, 0.15) is 49.4 Å². The number of carboxylic acid groups (broad SMARTS) is 1. The van der Waals surface area contributed by atoms with Gasteiger partial charge in [-0.2, -0.15) is 0 Å². The molecule has 1 aromatic carbocycles. The summed E-state index contributed by atoms with van der Waals surface area (Å²) < 4.78 is 47.4. The van der Waals surface area contributed by atoms with Gasteiger partial charge >= 0.3 is 12.3 Å². The van der Waals surface area contributed by atoms with Crippen molar-refractivity contribution in [2.75, 3.05) is 13.2 Å². The van der Waals surface area contributed by atoms with Crippen LogP contribution in [0.4, 0.5) is 13.2 Å². The monoisotopic (exact) mass is 496 g/mol. The van der Waals surface area contributed by atoms with Crippen LogP contribution < -0.4 is 14.8 Å². The van der Waals surface area contributed by atoms with Gasteiger partial charge in [-0.15, -0.1) is 13.2 Å². The van der Waals surface area contributed by atoms with Crippen molar-refractivity contribution < 1.29 is 42.4 Å². The summed E-state index contributed by atoms with van der Waals surface area (Å²) in [6, 6.07) is 6.42. The predicted molar refractivity (Wildman–Crippen MR) is 119 cm³/mol. The molecule has 0 unspecified atom stereocenters. The molecule has 1 aliphatic rings. The maximum atomic E-state index is 13.1. The Morgan fingerprint density at radius 1 is 1.23 bits per heavy atom. The molecule has 1 aliphatic carbocycles. The number of aliphatic hydroxyl groups excluding tert-OH is 1. The summed E-state index contributed by atoms with van der Waals surface area (Å²) in [5.41, 5.74) is -0.997. The number of hydrogen-bond donors (Lipinski definition) is 3. The molecule has 1 saturated carbocycles. The molecule has 1 heterocycles. The van der Waals surface area contributed by atoms with Gasteiger partial charge in [-0.25, -0.2) is 9.78 Å². The Morgan fingerprint density at radius 3 is 2.54 bits per heavy atom. The van der Waals surface area contributed by atoms with Gasteiger partial charge in [-0.3, -0.25) is 4.79 Å². The molecule has 0 saturated heterocycles. The molecule has 35 heavy (non-hydrogen) atoms. The lowest BCUT2D eigenvalue weighted by Crippen LogP contribution is -2.56. The van der Waals surface area contributed by atoms with Crippen molar-refractivity contribution >= 4 is 11.9 Å². The van der Waals surface area contributed by atoms with Crippen LogP contribution in [0.5, 0.6) is 11.6 Å². The van der Waals surface area contributed by atoms with Crippen LogP contribution >= 0.6 is 0 Å². The summed E-state index contributed by atoms with van der Waals surface area (Å²) in [4.78, 5) is 29.2. The number of hydrogen-bond acceptors (Lipinski definition) is 6. The van der Waals surface area contributed by atoms with E-state index >= 15 is 0 Å². The fourth-order valence-electron chi connectivity index (χ4n) is 4.16. The smallest absolute Gasteiger partial charge is 0.480 e. The molecule has 0 spiro atoms. The third kappa shape index (κ3) is 6.62. The lowest BCUT2D eigenvalue weighted by atomic mass is 9.75. The molecule has 0 atom stereocenters. The second-order valence-corrected chi connectivity index (χ2v) is 8.42. The maximum absolute atomic E-state index is 13.1. The van der Waals surface area contributed by atoms with E-state index in [2.05, 4.69) is 15.0 Å². The summed E-state index contributed by atoms with van der Waals surface area (Å²) in [5.74, 6) is -1.88. The number of rotatable bonds is 9. The van der Waals surface area contributed by atoms with Crippen LogP contribution in [0.3, 0.4) is 0 Å². The van der Waals surface area contributed by atoms with Gasteiger partial charge in [0.25, 0.3) is 5.91 Å². The molecule has 1 aromatic heterocycles. The minimum Gasteiger partial charge on any atom is -0.480 e. The molecule has 190 valence electrons. The SMILES string of the molecule is CCC1CCC(NC(=O)c2cnc(OCCO)c(-c3cccc(OC(F)(F)F)c3)c2)(C(=O)O)CC1. The Hall–Kier alpha value is -3.34. The molecule has 0 radical (unpaired) electrons. The van der Waals surface area contributed by atoms with Crippen molar-refractivity contribution in [3.8, 4) is 22.8 Å². The largest absolute Gasteiger partial charge is 0.573 e. The van der Waals surface area contributed by atoms with Crippen molar-refractivity contribution in [2.24, 2.45) is 5.92 Å². The van der Waals surface area contributed by atoms with Crippen LogP contribution in [0.2, 0.25) is 0 Å². The van der Waals surface area contributed by atoms with Gasteiger partial charge in [-0.1, -0.05) is 25.5 Å². The number of nitrogens with zero attached hydrogens (tertiary/aromatic N) is 1. The van der Waals surface area contributed by atoms with Crippen LogP contribution in [-0.4, -0.2) is 52.2 Å². The molecule has 3 N–H and O–H groups in total. The fraction of sp³-hybridized carbons (Fsp3) is 0.458. The van der Waals surface area contributed by atoms with Crippen molar-refractivity contribution in [1.82, 2.24) is 10.3 Å². The molecule has 8 nitrogen and oxygen atoms in total. The van der Waals surface area contributed by atoms with Crippen LogP contribution in [0.15, 0.2) is 36.5 Å². The highest BCUT2D eigenvalue weighted by Crippen LogP contribution is 2.36. The van der Waals surface area contributed by atoms with E-state index in [1.54, 1.807) is 0 Å². The second-order valence-electron chi connectivity index (χ2n) is 8.42. The number of alkyl halides is 3. The zero-order chi connectivity index (χ0) is 25.6. The van der Waals surface area contributed by atoms with Gasteiger partial charge < -0.3 is 25.0 Å².